The molecule has 1 N–H and O–H groups in total. The lowest BCUT2D eigenvalue weighted by atomic mass is 9.94. The molecule has 0 atom stereocenters. The van der Waals surface area contributed by atoms with Crippen LogP contribution in [0.3, 0.4) is 0 Å². The minimum absolute atomic E-state index is 0.0105. The molecule has 0 radical (unpaired) electrons. The Morgan fingerprint density at radius 1 is 1.42 bits per heavy atom. The zero-order chi connectivity index (χ0) is 14.2. The minimum Gasteiger partial charge on any atom is -0.481 e. The summed E-state index contributed by atoms with van der Waals surface area (Å²) in [6.45, 7) is 3.36. The number of carbonyl (C=O) groups is 1. The molecule has 0 aliphatic carbocycles. The van der Waals surface area contributed by atoms with Gasteiger partial charge in [0.1, 0.15) is 5.52 Å². The number of para-hydroxylation sites is 1. The SMILES string of the molecule is CC(C)(Cn1ccc2cccc([N+](=O)[O-])c21)C(=O)O. The first-order valence-electron chi connectivity index (χ1n) is 5.78. The fourth-order valence-electron chi connectivity index (χ4n) is 2.01. The second-order valence-corrected chi connectivity index (χ2v) is 5.10. The van der Waals surface area contributed by atoms with Crippen molar-refractivity contribution in [3.8, 4) is 0 Å². The van der Waals surface area contributed by atoms with Gasteiger partial charge in [-0.15, -0.1) is 0 Å². The van der Waals surface area contributed by atoms with Crippen molar-refractivity contribution < 1.29 is 14.8 Å². The highest BCUT2D eigenvalue weighted by Crippen LogP contribution is 2.29. The predicted molar refractivity (Wildman–Crippen MR) is 70.0 cm³/mol. The molecular formula is C13H14N2O4. The topological polar surface area (TPSA) is 85.4 Å². The number of non-ortho nitro benzene ring substituents is 1. The van der Waals surface area contributed by atoms with E-state index in [0.717, 1.165) is 5.39 Å². The van der Waals surface area contributed by atoms with E-state index in [4.69, 9.17) is 5.11 Å². The van der Waals surface area contributed by atoms with Crippen molar-refractivity contribution in [1.29, 1.82) is 0 Å². The molecule has 6 heteroatoms. The Morgan fingerprint density at radius 2 is 2.11 bits per heavy atom. The lowest BCUT2D eigenvalue weighted by molar-refractivity contribution is -0.383. The molecular weight excluding hydrogens is 248 g/mol. The van der Waals surface area contributed by atoms with Crippen molar-refractivity contribution in [2.75, 3.05) is 0 Å². The number of fused-ring (bicyclic) bond motifs is 1. The number of aliphatic carboxylic acids is 1. The number of nitro benzene ring substituents is 1. The van der Waals surface area contributed by atoms with E-state index in [1.165, 1.54) is 6.07 Å². The summed E-state index contributed by atoms with van der Waals surface area (Å²) in [6.07, 6.45) is 1.68. The smallest absolute Gasteiger partial charge is 0.310 e. The first-order valence-corrected chi connectivity index (χ1v) is 5.78. The van der Waals surface area contributed by atoms with E-state index in [9.17, 15) is 14.9 Å². The van der Waals surface area contributed by atoms with Gasteiger partial charge in [-0.3, -0.25) is 14.9 Å². The van der Waals surface area contributed by atoms with Crippen LogP contribution >= 0.6 is 0 Å². The highest BCUT2D eigenvalue weighted by Gasteiger charge is 2.29. The Bertz CT molecular complexity index is 658. The summed E-state index contributed by atoms with van der Waals surface area (Å²) >= 11 is 0. The number of carboxylic acids is 1. The number of hydrogen-bond acceptors (Lipinski definition) is 3. The second kappa shape index (κ2) is 4.38. The maximum atomic E-state index is 11.2. The Morgan fingerprint density at radius 3 is 2.68 bits per heavy atom. The highest BCUT2D eigenvalue weighted by atomic mass is 16.6. The molecule has 19 heavy (non-hydrogen) atoms. The van der Waals surface area contributed by atoms with Crippen LogP contribution in [0.4, 0.5) is 5.69 Å². The van der Waals surface area contributed by atoms with E-state index in [0.29, 0.717) is 5.52 Å². The van der Waals surface area contributed by atoms with Crippen LogP contribution in [0.2, 0.25) is 0 Å². The molecule has 0 aliphatic heterocycles. The van der Waals surface area contributed by atoms with Gasteiger partial charge in [-0.05, 0) is 19.9 Å². The van der Waals surface area contributed by atoms with Gasteiger partial charge in [0.15, 0.2) is 0 Å². The third kappa shape index (κ3) is 2.29. The van der Waals surface area contributed by atoms with Crippen LogP contribution in [0.15, 0.2) is 30.5 Å². The molecule has 100 valence electrons. The monoisotopic (exact) mass is 262 g/mol. The molecule has 1 heterocycles. The zero-order valence-corrected chi connectivity index (χ0v) is 10.7. The van der Waals surface area contributed by atoms with Crippen molar-refractivity contribution in [3.63, 3.8) is 0 Å². The summed E-state index contributed by atoms with van der Waals surface area (Å²) in [5, 5.41) is 20.9. The van der Waals surface area contributed by atoms with E-state index >= 15 is 0 Å². The molecule has 0 saturated heterocycles. The van der Waals surface area contributed by atoms with Crippen LogP contribution in [0.25, 0.3) is 10.9 Å². The highest BCUT2D eigenvalue weighted by molar-refractivity contribution is 5.88. The van der Waals surface area contributed by atoms with Gasteiger partial charge in [-0.2, -0.15) is 0 Å². The molecule has 0 aliphatic rings. The summed E-state index contributed by atoms with van der Waals surface area (Å²) < 4.78 is 1.63. The first kappa shape index (κ1) is 13.1. The molecule has 6 nitrogen and oxygen atoms in total. The Hall–Kier alpha value is -2.37. The van der Waals surface area contributed by atoms with Crippen LogP contribution in [0.5, 0.6) is 0 Å². The van der Waals surface area contributed by atoms with Gasteiger partial charge in [0.05, 0.1) is 10.3 Å². The molecule has 2 aromatic rings. The number of aromatic nitrogens is 1. The lowest BCUT2D eigenvalue weighted by Crippen LogP contribution is -2.28. The van der Waals surface area contributed by atoms with Crippen LogP contribution < -0.4 is 0 Å². The summed E-state index contributed by atoms with van der Waals surface area (Å²) in [5.74, 6) is -0.937. The van der Waals surface area contributed by atoms with Crippen molar-refractivity contribution in [3.05, 3.63) is 40.6 Å². The summed E-state index contributed by atoms with van der Waals surface area (Å²) in [4.78, 5) is 21.7. The van der Waals surface area contributed by atoms with E-state index in [2.05, 4.69) is 0 Å². The molecule has 0 saturated carbocycles. The van der Waals surface area contributed by atoms with Crippen LogP contribution in [0.1, 0.15) is 13.8 Å². The van der Waals surface area contributed by atoms with Gasteiger partial charge < -0.3 is 9.67 Å². The van der Waals surface area contributed by atoms with Crippen molar-refractivity contribution in [2.24, 2.45) is 5.41 Å². The van der Waals surface area contributed by atoms with E-state index < -0.39 is 16.3 Å². The fourth-order valence-corrected chi connectivity index (χ4v) is 2.01. The first-order chi connectivity index (χ1) is 8.83. The van der Waals surface area contributed by atoms with Crippen LogP contribution in [0, 0.1) is 15.5 Å². The predicted octanol–water partition coefficient (Wildman–Crippen LogP) is 2.66. The Labute approximate surface area is 109 Å². The third-order valence-electron chi connectivity index (χ3n) is 3.11. The molecule has 1 aromatic heterocycles. The van der Waals surface area contributed by atoms with Crippen LogP contribution in [-0.4, -0.2) is 20.6 Å². The molecule has 0 spiro atoms. The average Bonchev–Trinajstić information content (AvgIpc) is 2.71. The molecule has 0 unspecified atom stereocenters. The van der Waals surface area contributed by atoms with Gasteiger partial charge in [-0.25, -0.2) is 0 Å². The van der Waals surface area contributed by atoms with Crippen molar-refractivity contribution in [1.82, 2.24) is 4.57 Å². The largest absolute Gasteiger partial charge is 0.481 e. The second-order valence-electron chi connectivity index (χ2n) is 5.10. The minimum atomic E-state index is -0.990. The Balaban J connectivity index is 2.56. The fraction of sp³-hybridized carbons (Fsp3) is 0.308. The average molecular weight is 262 g/mol. The number of nitro groups is 1. The zero-order valence-electron chi connectivity index (χ0n) is 10.7. The number of carboxylic acid groups (broad SMARTS) is 1. The van der Waals surface area contributed by atoms with Gasteiger partial charge in [0, 0.05) is 24.2 Å². The quantitative estimate of drug-likeness (QED) is 0.678. The van der Waals surface area contributed by atoms with Crippen molar-refractivity contribution in [2.45, 2.75) is 20.4 Å². The molecule has 0 amide bonds. The third-order valence-corrected chi connectivity index (χ3v) is 3.11. The normalized spacial score (nSPS) is 11.7. The summed E-state index contributed by atoms with van der Waals surface area (Å²) in [5.41, 5.74) is -0.541. The van der Waals surface area contributed by atoms with Crippen LogP contribution in [-0.2, 0) is 11.3 Å². The maximum Gasteiger partial charge on any atom is 0.310 e. The van der Waals surface area contributed by atoms with Gasteiger partial charge >= 0.3 is 5.97 Å². The van der Waals surface area contributed by atoms with Crippen molar-refractivity contribution >= 4 is 22.6 Å². The molecule has 0 fully saturated rings. The van der Waals surface area contributed by atoms with E-state index in [1.807, 2.05) is 0 Å². The molecule has 0 bridgehead atoms. The van der Waals surface area contributed by atoms with E-state index in [-0.39, 0.29) is 12.2 Å². The number of hydrogen-bond donors (Lipinski definition) is 1. The number of rotatable bonds is 4. The van der Waals surface area contributed by atoms with Gasteiger partial charge in [0.25, 0.3) is 5.69 Å². The lowest BCUT2D eigenvalue weighted by Gasteiger charge is -2.20. The molecule has 1 aromatic carbocycles. The summed E-state index contributed by atoms with van der Waals surface area (Å²) in [7, 11) is 0. The standard InChI is InChI=1S/C13H14N2O4/c1-13(2,12(16)17)8-14-7-6-9-4-3-5-10(11(9)14)15(18)19/h3-7H,8H2,1-2H3,(H,16,17). The Kier molecular flexibility index (Phi) is 3.01. The van der Waals surface area contributed by atoms with Gasteiger partial charge in [-0.1, -0.05) is 12.1 Å². The molecule has 2 rings (SSSR count). The number of benzene rings is 1. The van der Waals surface area contributed by atoms with Gasteiger partial charge in [0.2, 0.25) is 0 Å². The number of nitrogens with zero attached hydrogens (tertiary/aromatic N) is 2. The van der Waals surface area contributed by atoms with E-state index in [1.54, 1.807) is 42.8 Å². The maximum absolute atomic E-state index is 11.2. The summed E-state index contributed by atoms with van der Waals surface area (Å²) in [6, 6.07) is 6.56.